The Morgan fingerprint density at radius 3 is 1.05 bits per heavy atom. The normalized spacial score (nSPS) is 12.4. The van der Waals surface area contributed by atoms with Crippen LogP contribution >= 0.6 is 10.9 Å². The Hall–Kier alpha value is -5.12. The number of benzene rings is 7. The lowest BCUT2D eigenvalue weighted by atomic mass is 9.98. The molecule has 0 unspecified atom stereocenters. The van der Waals surface area contributed by atoms with Crippen molar-refractivity contribution < 1.29 is 0 Å². The van der Waals surface area contributed by atoms with Crippen LogP contribution in [0.4, 0.5) is 0 Å². The highest BCUT2D eigenvalue weighted by Gasteiger charge is 2.31. The SMILES string of the molecule is c1ccc(-[s+]2n3c(cc4c5ccccc5c5ccccc5c43)c3cc4c5ccccc5c5ccccc5c4n32)cc1. The monoisotopic (exact) mass is 539 g/mol. The fourth-order valence-electron chi connectivity index (χ4n) is 7.21. The van der Waals surface area contributed by atoms with Crippen LogP contribution in [0, 0.1) is 0 Å². The molecule has 10 rings (SSSR count). The highest BCUT2D eigenvalue weighted by molar-refractivity contribution is 7.32. The van der Waals surface area contributed by atoms with Crippen LogP contribution in [0.2, 0.25) is 0 Å². The third kappa shape index (κ3) is 2.67. The van der Waals surface area contributed by atoms with Gasteiger partial charge in [0.05, 0.1) is 0 Å². The van der Waals surface area contributed by atoms with E-state index in [1.807, 2.05) is 0 Å². The van der Waals surface area contributed by atoms with Crippen molar-refractivity contribution in [2.75, 3.05) is 0 Å². The Labute approximate surface area is 238 Å². The molecule has 0 fully saturated rings. The van der Waals surface area contributed by atoms with Gasteiger partial charge >= 0.3 is 0 Å². The van der Waals surface area contributed by atoms with E-state index in [1.54, 1.807) is 0 Å². The maximum atomic E-state index is 2.64. The first-order valence-corrected chi connectivity index (χ1v) is 15.2. The molecule has 3 heterocycles. The van der Waals surface area contributed by atoms with E-state index >= 15 is 0 Å². The number of hydrogen-bond donors (Lipinski definition) is 0. The molecule has 0 bridgehead atoms. The summed E-state index contributed by atoms with van der Waals surface area (Å²) in [5.41, 5.74) is 5.22. The molecular weight excluding hydrogens is 516 g/mol. The number of fused-ring (bicyclic) bond motifs is 17. The predicted octanol–water partition coefficient (Wildman–Crippen LogP) is 10.8. The van der Waals surface area contributed by atoms with Crippen LogP contribution < -0.4 is 0 Å². The van der Waals surface area contributed by atoms with Crippen molar-refractivity contribution in [2.24, 2.45) is 0 Å². The van der Waals surface area contributed by atoms with Gasteiger partial charge in [-0.05, 0) is 44.5 Å². The molecular formula is C38H23N2S+. The van der Waals surface area contributed by atoms with Gasteiger partial charge in [0.1, 0.15) is 22.1 Å². The van der Waals surface area contributed by atoms with Gasteiger partial charge in [0.15, 0.2) is 0 Å². The standard InChI is InChI=1S/C38H23N2S/c1-2-12-24(13-3-1)41-39-35(22-33-29-18-6-4-14-25(29)27-16-8-10-20-31(27)37(33)39)36-23-34-30-19-7-5-15-26(30)28-17-9-11-21-32(28)38(34)40(36)41/h1-23H/q+1. The van der Waals surface area contributed by atoms with Gasteiger partial charge in [-0.2, -0.15) is 0 Å². The fourth-order valence-corrected chi connectivity index (χ4v) is 9.60. The molecule has 3 aromatic heterocycles. The summed E-state index contributed by atoms with van der Waals surface area (Å²) in [6.45, 7) is 0. The van der Waals surface area contributed by atoms with Gasteiger partial charge in [-0.25, -0.2) is 0 Å². The highest BCUT2D eigenvalue weighted by Crippen LogP contribution is 2.48. The first-order chi connectivity index (χ1) is 20.4. The van der Waals surface area contributed by atoms with Gasteiger partial charge in [-0.1, -0.05) is 115 Å². The Kier molecular flexibility index (Phi) is 4.10. The van der Waals surface area contributed by atoms with Crippen LogP contribution in [0.25, 0.3) is 80.8 Å². The smallest absolute Gasteiger partial charge is 0.119 e. The third-order valence-corrected chi connectivity index (χ3v) is 11.0. The largest absolute Gasteiger partial charge is 0.226 e. The van der Waals surface area contributed by atoms with Crippen LogP contribution in [-0.2, 0) is 0 Å². The molecule has 2 nitrogen and oxygen atoms in total. The summed E-state index contributed by atoms with van der Waals surface area (Å²) in [5.74, 6) is 0. The first kappa shape index (κ1) is 21.7. The second kappa shape index (κ2) is 7.75. The van der Waals surface area contributed by atoms with E-state index in [0.717, 1.165) is 0 Å². The van der Waals surface area contributed by atoms with Crippen LogP contribution in [-0.4, -0.2) is 7.58 Å². The van der Waals surface area contributed by atoms with Crippen molar-refractivity contribution >= 4 is 86.8 Å². The fraction of sp³-hybridized carbons (Fsp3) is 0. The minimum absolute atomic E-state index is 0.392. The summed E-state index contributed by atoms with van der Waals surface area (Å²) >= 11 is 0. The van der Waals surface area contributed by atoms with Gasteiger partial charge < -0.3 is 0 Å². The van der Waals surface area contributed by atoms with Crippen molar-refractivity contribution in [1.29, 1.82) is 0 Å². The van der Waals surface area contributed by atoms with E-state index in [4.69, 9.17) is 0 Å². The molecule has 7 aromatic carbocycles. The predicted molar refractivity (Wildman–Crippen MR) is 177 cm³/mol. The summed E-state index contributed by atoms with van der Waals surface area (Å²) in [7, 11) is -0.392. The van der Waals surface area contributed by atoms with Gasteiger partial charge in [0.2, 0.25) is 15.8 Å². The number of nitrogens with zero attached hydrogens (tertiary/aromatic N) is 2. The molecule has 0 atom stereocenters. The minimum atomic E-state index is -0.392. The highest BCUT2D eigenvalue weighted by atomic mass is 32.2. The molecule has 0 amide bonds. The molecule has 190 valence electrons. The molecule has 0 aliphatic rings. The van der Waals surface area contributed by atoms with Crippen molar-refractivity contribution in [1.82, 2.24) is 7.58 Å². The summed E-state index contributed by atoms with van der Waals surface area (Å²) in [5, 5.41) is 13.2. The van der Waals surface area contributed by atoms with Gasteiger partial charge in [-0.15, -0.1) is 7.58 Å². The van der Waals surface area contributed by atoms with Crippen molar-refractivity contribution in [3.8, 4) is 4.90 Å². The Morgan fingerprint density at radius 2 is 0.634 bits per heavy atom. The lowest BCUT2D eigenvalue weighted by Crippen LogP contribution is -1.89. The van der Waals surface area contributed by atoms with Gasteiger partial charge in [0.25, 0.3) is 0 Å². The maximum absolute atomic E-state index is 2.64. The summed E-state index contributed by atoms with van der Waals surface area (Å²) in [4.78, 5) is 1.32. The van der Waals surface area contributed by atoms with E-state index in [-0.39, 0.29) is 0 Å². The quantitative estimate of drug-likeness (QED) is 0.145. The summed E-state index contributed by atoms with van der Waals surface area (Å²) < 4.78 is 5.27. The lowest BCUT2D eigenvalue weighted by molar-refractivity contribution is 1.44. The van der Waals surface area contributed by atoms with Crippen LogP contribution in [0.3, 0.4) is 0 Å². The molecule has 10 aromatic rings. The van der Waals surface area contributed by atoms with E-state index < -0.39 is 10.9 Å². The van der Waals surface area contributed by atoms with Crippen molar-refractivity contribution in [2.45, 2.75) is 0 Å². The molecule has 0 aliphatic heterocycles. The van der Waals surface area contributed by atoms with E-state index in [2.05, 4.69) is 147 Å². The maximum Gasteiger partial charge on any atom is 0.226 e. The van der Waals surface area contributed by atoms with Crippen molar-refractivity contribution in [3.05, 3.63) is 140 Å². The van der Waals surface area contributed by atoms with Gasteiger partial charge in [0, 0.05) is 33.7 Å². The molecule has 0 radical (unpaired) electrons. The number of aromatic nitrogens is 2. The zero-order valence-electron chi connectivity index (χ0n) is 22.1. The summed E-state index contributed by atoms with van der Waals surface area (Å²) in [6.07, 6.45) is 0. The average Bonchev–Trinajstić information content (AvgIpc) is 3.71. The zero-order valence-corrected chi connectivity index (χ0v) is 22.9. The van der Waals surface area contributed by atoms with E-state index in [0.29, 0.717) is 0 Å². The Morgan fingerprint density at radius 1 is 0.317 bits per heavy atom. The Balaban J connectivity index is 1.56. The molecule has 0 saturated carbocycles. The average molecular weight is 540 g/mol. The lowest BCUT2D eigenvalue weighted by Gasteiger charge is -2.08. The molecule has 41 heavy (non-hydrogen) atoms. The first-order valence-electron chi connectivity index (χ1n) is 14.1. The van der Waals surface area contributed by atoms with Gasteiger partial charge in [-0.3, -0.25) is 0 Å². The van der Waals surface area contributed by atoms with Crippen LogP contribution in [0.1, 0.15) is 0 Å². The van der Waals surface area contributed by atoms with Crippen molar-refractivity contribution in [3.63, 3.8) is 0 Å². The molecule has 3 heteroatoms. The van der Waals surface area contributed by atoms with Crippen LogP contribution in [0.5, 0.6) is 0 Å². The molecule has 0 N–H and O–H groups in total. The second-order valence-electron chi connectivity index (χ2n) is 10.9. The topological polar surface area (TPSA) is 8.82 Å². The van der Waals surface area contributed by atoms with Crippen LogP contribution in [0.15, 0.2) is 140 Å². The minimum Gasteiger partial charge on any atom is -0.119 e. The third-order valence-electron chi connectivity index (χ3n) is 8.86. The number of hydrogen-bond acceptors (Lipinski definition) is 0. The Bertz CT molecular complexity index is 2520. The number of rotatable bonds is 1. The molecule has 0 spiro atoms. The second-order valence-corrected chi connectivity index (χ2v) is 12.7. The summed E-state index contributed by atoms with van der Waals surface area (Å²) in [6, 6.07) is 51.6. The molecule has 0 saturated heterocycles. The van der Waals surface area contributed by atoms with E-state index in [9.17, 15) is 0 Å². The molecule has 0 aliphatic carbocycles. The van der Waals surface area contributed by atoms with E-state index in [1.165, 1.54) is 80.8 Å². The zero-order chi connectivity index (χ0) is 26.7.